The van der Waals surface area contributed by atoms with Gasteiger partial charge in [0.2, 0.25) is 0 Å². The van der Waals surface area contributed by atoms with Crippen LogP contribution in [0.15, 0.2) is 12.1 Å². The van der Waals surface area contributed by atoms with Crippen LogP contribution in [0.2, 0.25) is 0 Å². The molecule has 2 rings (SSSR count). The van der Waals surface area contributed by atoms with E-state index in [0.717, 1.165) is 25.7 Å². The van der Waals surface area contributed by atoms with Gasteiger partial charge in [-0.2, -0.15) is 0 Å². The molecule has 0 spiro atoms. The van der Waals surface area contributed by atoms with Crippen molar-refractivity contribution in [3.8, 4) is 0 Å². The van der Waals surface area contributed by atoms with Crippen molar-refractivity contribution in [1.82, 2.24) is 4.98 Å². The molecule has 1 heterocycles. The van der Waals surface area contributed by atoms with Crippen molar-refractivity contribution in [3.63, 3.8) is 0 Å². The third-order valence-electron chi connectivity index (χ3n) is 3.17. The van der Waals surface area contributed by atoms with E-state index in [1.165, 1.54) is 12.1 Å². The number of aliphatic hydroxyl groups is 1. The van der Waals surface area contributed by atoms with E-state index in [1.807, 2.05) is 0 Å². The molecule has 0 atom stereocenters. The van der Waals surface area contributed by atoms with E-state index in [4.69, 9.17) is 5.73 Å². The highest BCUT2D eigenvalue weighted by atomic mass is 16.6. The van der Waals surface area contributed by atoms with Gasteiger partial charge >= 0.3 is 0 Å². The van der Waals surface area contributed by atoms with Gasteiger partial charge in [-0.05, 0) is 12.8 Å². The largest absolute Gasteiger partial charge is 0.388 e. The van der Waals surface area contributed by atoms with Crippen LogP contribution in [0.3, 0.4) is 0 Å². The lowest BCUT2D eigenvalue weighted by Gasteiger charge is -2.22. The summed E-state index contributed by atoms with van der Waals surface area (Å²) >= 11 is 0. The number of nitrogen functional groups attached to an aromatic ring is 1. The van der Waals surface area contributed by atoms with Gasteiger partial charge in [-0.1, -0.05) is 12.8 Å². The molecule has 0 radical (unpaired) electrons. The van der Waals surface area contributed by atoms with Crippen LogP contribution in [-0.4, -0.2) is 27.2 Å². The zero-order chi connectivity index (χ0) is 13.2. The van der Waals surface area contributed by atoms with Crippen LogP contribution in [0.5, 0.6) is 0 Å². The molecule has 1 aromatic rings. The molecule has 0 aliphatic heterocycles. The van der Waals surface area contributed by atoms with Gasteiger partial charge < -0.3 is 16.2 Å². The first-order valence-electron chi connectivity index (χ1n) is 5.87. The molecule has 4 N–H and O–H groups in total. The highest BCUT2D eigenvalue weighted by Gasteiger charge is 2.30. The number of hydrogen-bond acceptors (Lipinski definition) is 6. The number of pyridine rings is 1. The quantitative estimate of drug-likeness (QED) is 0.549. The van der Waals surface area contributed by atoms with Crippen molar-refractivity contribution in [1.29, 1.82) is 0 Å². The molecule has 1 aromatic heterocycles. The van der Waals surface area contributed by atoms with Crippen LogP contribution in [0.1, 0.15) is 25.7 Å². The summed E-state index contributed by atoms with van der Waals surface area (Å²) in [5.41, 5.74) is 4.65. The van der Waals surface area contributed by atoms with Gasteiger partial charge in [0.05, 0.1) is 22.7 Å². The van der Waals surface area contributed by atoms with Gasteiger partial charge in [-0.15, -0.1) is 0 Å². The molecule has 0 aromatic carbocycles. The minimum absolute atomic E-state index is 0.0881. The third-order valence-corrected chi connectivity index (χ3v) is 3.17. The van der Waals surface area contributed by atoms with Gasteiger partial charge in [-0.25, -0.2) is 4.98 Å². The molecule has 1 aliphatic carbocycles. The Hall–Kier alpha value is -1.89. The maximum atomic E-state index is 10.7. The van der Waals surface area contributed by atoms with Gasteiger partial charge in [0.25, 0.3) is 5.69 Å². The van der Waals surface area contributed by atoms with Crippen LogP contribution < -0.4 is 11.1 Å². The number of hydrogen-bond donors (Lipinski definition) is 3. The molecular formula is C11H16N4O3. The minimum Gasteiger partial charge on any atom is -0.388 e. The average Bonchev–Trinajstić information content (AvgIpc) is 2.73. The zero-order valence-electron chi connectivity index (χ0n) is 9.93. The summed E-state index contributed by atoms with van der Waals surface area (Å²) in [6.07, 6.45) is 3.49. The average molecular weight is 252 g/mol. The lowest BCUT2D eigenvalue weighted by molar-refractivity contribution is -0.384. The fourth-order valence-electron chi connectivity index (χ4n) is 2.20. The number of nitrogens with two attached hydrogens (primary N) is 1. The zero-order valence-corrected chi connectivity index (χ0v) is 9.93. The number of anilines is 2. The molecule has 0 saturated heterocycles. The van der Waals surface area contributed by atoms with Crippen molar-refractivity contribution in [2.24, 2.45) is 0 Å². The van der Waals surface area contributed by atoms with Crippen LogP contribution in [0, 0.1) is 10.1 Å². The number of nitro groups is 1. The van der Waals surface area contributed by atoms with Crippen LogP contribution in [-0.2, 0) is 0 Å². The third kappa shape index (κ3) is 2.86. The van der Waals surface area contributed by atoms with E-state index in [1.54, 1.807) is 0 Å². The summed E-state index contributed by atoms with van der Waals surface area (Å²) in [6, 6.07) is 2.52. The van der Waals surface area contributed by atoms with E-state index in [0.29, 0.717) is 12.4 Å². The summed E-state index contributed by atoms with van der Waals surface area (Å²) < 4.78 is 0. The first-order chi connectivity index (χ1) is 8.48. The Morgan fingerprint density at radius 1 is 1.50 bits per heavy atom. The fourth-order valence-corrected chi connectivity index (χ4v) is 2.20. The first-order valence-corrected chi connectivity index (χ1v) is 5.87. The van der Waals surface area contributed by atoms with E-state index < -0.39 is 10.5 Å². The molecule has 1 aliphatic rings. The smallest absolute Gasteiger partial charge is 0.276 e. The Morgan fingerprint density at radius 2 is 2.17 bits per heavy atom. The molecule has 1 saturated carbocycles. The summed E-state index contributed by atoms with van der Waals surface area (Å²) in [6.45, 7) is 0.334. The number of nitrogens with zero attached hydrogens (tertiary/aromatic N) is 2. The van der Waals surface area contributed by atoms with Crippen LogP contribution in [0.4, 0.5) is 17.3 Å². The highest BCUT2D eigenvalue weighted by Crippen LogP contribution is 2.29. The summed E-state index contributed by atoms with van der Waals surface area (Å²) in [7, 11) is 0. The van der Waals surface area contributed by atoms with Gasteiger partial charge in [0.1, 0.15) is 11.6 Å². The van der Waals surface area contributed by atoms with Gasteiger partial charge in [-0.3, -0.25) is 10.1 Å². The first kappa shape index (κ1) is 12.6. The summed E-state index contributed by atoms with van der Waals surface area (Å²) in [4.78, 5) is 14.1. The second-order valence-corrected chi connectivity index (χ2v) is 4.68. The maximum absolute atomic E-state index is 10.7. The predicted molar refractivity (Wildman–Crippen MR) is 67.2 cm³/mol. The number of aromatic nitrogens is 1. The van der Waals surface area contributed by atoms with Gasteiger partial charge in [0, 0.05) is 6.54 Å². The normalized spacial score (nSPS) is 17.6. The molecule has 18 heavy (non-hydrogen) atoms. The molecule has 1 fully saturated rings. The molecule has 7 heteroatoms. The Kier molecular flexibility index (Phi) is 3.33. The number of rotatable bonds is 4. The van der Waals surface area contributed by atoms with E-state index in [2.05, 4.69) is 10.3 Å². The molecule has 0 bridgehead atoms. The van der Waals surface area contributed by atoms with E-state index >= 15 is 0 Å². The highest BCUT2D eigenvalue weighted by molar-refractivity contribution is 5.52. The minimum atomic E-state index is -0.735. The second-order valence-electron chi connectivity index (χ2n) is 4.68. The van der Waals surface area contributed by atoms with Gasteiger partial charge in [0.15, 0.2) is 0 Å². The van der Waals surface area contributed by atoms with E-state index in [9.17, 15) is 15.2 Å². The Balaban J connectivity index is 2.07. The van der Waals surface area contributed by atoms with Crippen molar-refractivity contribution < 1.29 is 10.0 Å². The maximum Gasteiger partial charge on any atom is 0.276 e. The molecule has 98 valence electrons. The second kappa shape index (κ2) is 4.77. The topological polar surface area (TPSA) is 114 Å². The molecule has 0 amide bonds. The Bertz CT molecular complexity index is 458. The Labute approximate surface area is 104 Å². The molecule has 7 nitrogen and oxygen atoms in total. The number of nitrogens with one attached hydrogen (secondary N) is 1. The molecule has 0 unspecified atom stereocenters. The van der Waals surface area contributed by atoms with Crippen molar-refractivity contribution >= 4 is 17.3 Å². The molecular weight excluding hydrogens is 236 g/mol. The standard InChI is InChI=1S/C11H16N4O3/c12-9-5-8(15(17)18)6-10(14-9)13-7-11(16)3-1-2-4-11/h5-6,16H,1-4,7H2,(H3,12,13,14). The van der Waals surface area contributed by atoms with Crippen molar-refractivity contribution in [2.75, 3.05) is 17.6 Å². The fraction of sp³-hybridized carbons (Fsp3) is 0.545. The SMILES string of the molecule is Nc1cc([N+](=O)[O-])cc(NCC2(O)CCCC2)n1. The monoisotopic (exact) mass is 252 g/mol. The summed E-state index contributed by atoms with van der Waals surface area (Å²) in [5.74, 6) is 0.409. The van der Waals surface area contributed by atoms with Crippen molar-refractivity contribution in [2.45, 2.75) is 31.3 Å². The van der Waals surface area contributed by atoms with Crippen molar-refractivity contribution in [3.05, 3.63) is 22.2 Å². The van der Waals surface area contributed by atoms with Crippen LogP contribution >= 0.6 is 0 Å². The van der Waals surface area contributed by atoms with Crippen LogP contribution in [0.25, 0.3) is 0 Å². The lowest BCUT2D eigenvalue weighted by atomic mass is 10.0. The lowest BCUT2D eigenvalue weighted by Crippen LogP contribution is -2.33. The predicted octanol–water partition coefficient (Wildman–Crippen LogP) is 1.29. The summed E-state index contributed by atoms with van der Waals surface area (Å²) in [5, 5.41) is 23.7. The Morgan fingerprint density at radius 3 is 2.78 bits per heavy atom. The van der Waals surface area contributed by atoms with E-state index in [-0.39, 0.29) is 11.5 Å².